The summed E-state index contributed by atoms with van der Waals surface area (Å²) in [5.41, 5.74) is 3.45. The zero-order chi connectivity index (χ0) is 14.7. The van der Waals surface area contributed by atoms with E-state index in [1.165, 1.54) is 11.1 Å². The molecule has 0 saturated carbocycles. The van der Waals surface area contributed by atoms with Crippen LogP contribution in [0.3, 0.4) is 0 Å². The van der Waals surface area contributed by atoms with E-state index in [-0.39, 0.29) is 0 Å². The highest BCUT2D eigenvalue weighted by atomic mass is 15.2. The van der Waals surface area contributed by atoms with Gasteiger partial charge in [0.25, 0.3) is 0 Å². The Labute approximate surface area is 118 Å². The molecule has 2 rings (SSSR count). The molecule has 1 aromatic carbocycles. The smallest absolute Gasteiger partial charge is 0.182 e. The normalized spacial score (nSPS) is 9.95. The molecule has 2 aromatic rings. The maximum Gasteiger partial charge on any atom is 0.182 e. The van der Waals surface area contributed by atoms with Crippen LogP contribution in [-0.2, 0) is 0 Å². The first kappa shape index (κ1) is 13.8. The molecular weight excluding hydrogens is 250 g/mol. The summed E-state index contributed by atoms with van der Waals surface area (Å²) < 4.78 is 0. The number of nitriles is 1. The van der Waals surface area contributed by atoms with Crippen molar-refractivity contribution in [3.63, 3.8) is 0 Å². The fraction of sp³-hybridized carbons (Fsp3) is 0.267. The number of hydrogen-bond acceptors (Lipinski definition) is 5. The lowest BCUT2D eigenvalue weighted by molar-refractivity contribution is 1.01. The first-order valence-corrected chi connectivity index (χ1v) is 6.33. The predicted octanol–water partition coefficient (Wildman–Crippen LogP) is 3.06. The van der Waals surface area contributed by atoms with Crippen LogP contribution in [0, 0.1) is 32.2 Å². The standard InChI is InChI=1S/C15H17N5/c1-10-5-6-11(2)13(7-10)20(4)15-8-14(17-9-16)18-12(3)19-15/h5-8H,1-4H3,(H,17,18,19). The van der Waals surface area contributed by atoms with E-state index < -0.39 is 0 Å². The molecule has 5 nitrogen and oxygen atoms in total. The van der Waals surface area contributed by atoms with Crippen LogP contribution in [0.2, 0.25) is 0 Å². The number of hydrogen-bond donors (Lipinski definition) is 1. The Morgan fingerprint density at radius 3 is 2.60 bits per heavy atom. The highest BCUT2D eigenvalue weighted by Crippen LogP contribution is 2.27. The van der Waals surface area contributed by atoms with Crippen LogP contribution in [-0.4, -0.2) is 17.0 Å². The zero-order valence-corrected chi connectivity index (χ0v) is 12.1. The molecule has 0 aliphatic rings. The van der Waals surface area contributed by atoms with Gasteiger partial charge < -0.3 is 4.90 Å². The van der Waals surface area contributed by atoms with E-state index in [9.17, 15) is 0 Å². The minimum atomic E-state index is 0.507. The lowest BCUT2D eigenvalue weighted by atomic mass is 10.1. The van der Waals surface area contributed by atoms with Crippen molar-refractivity contribution in [2.75, 3.05) is 17.3 Å². The summed E-state index contributed by atoms with van der Waals surface area (Å²) in [6.07, 6.45) is 1.88. The first-order valence-electron chi connectivity index (χ1n) is 6.33. The number of aryl methyl sites for hydroxylation is 3. The van der Waals surface area contributed by atoms with Gasteiger partial charge in [-0.25, -0.2) is 9.97 Å². The Bertz CT molecular complexity index is 672. The average Bonchev–Trinajstić information content (AvgIpc) is 2.40. The highest BCUT2D eigenvalue weighted by molar-refractivity contribution is 5.65. The lowest BCUT2D eigenvalue weighted by Gasteiger charge is -2.21. The van der Waals surface area contributed by atoms with Crippen molar-refractivity contribution in [1.82, 2.24) is 9.97 Å². The predicted molar refractivity (Wildman–Crippen MR) is 80.0 cm³/mol. The fourth-order valence-electron chi connectivity index (χ4n) is 2.05. The third-order valence-corrected chi connectivity index (χ3v) is 3.08. The van der Waals surface area contributed by atoms with E-state index in [0.717, 1.165) is 11.5 Å². The Morgan fingerprint density at radius 1 is 1.15 bits per heavy atom. The third-order valence-electron chi connectivity index (χ3n) is 3.08. The summed E-state index contributed by atoms with van der Waals surface area (Å²) in [5, 5.41) is 11.3. The number of anilines is 3. The largest absolute Gasteiger partial charge is 0.329 e. The van der Waals surface area contributed by atoms with Crippen LogP contribution in [0.5, 0.6) is 0 Å². The monoisotopic (exact) mass is 267 g/mol. The number of nitrogens with zero attached hydrogens (tertiary/aromatic N) is 4. The van der Waals surface area contributed by atoms with Gasteiger partial charge in [0, 0.05) is 18.8 Å². The van der Waals surface area contributed by atoms with Crippen molar-refractivity contribution < 1.29 is 0 Å². The molecule has 0 aliphatic carbocycles. The fourth-order valence-corrected chi connectivity index (χ4v) is 2.05. The molecule has 0 spiro atoms. The second kappa shape index (κ2) is 5.57. The summed E-state index contributed by atoms with van der Waals surface area (Å²) in [6, 6.07) is 8.05. The zero-order valence-electron chi connectivity index (χ0n) is 12.1. The second-order valence-corrected chi connectivity index (χ2v) is 4.74. The van der Waals surface area contributed by atoms with Crippen molar-refractivity contribution in [2.24, 2.45) is 0 Å². The van der Waals surface area contributed by atoms with Gasteiger partial charge in [-0.05, 0) is 38.0 Å². The summed E-state index contributed by atoms with van der Waals surface area (Å²) in [7, 11) is 1.96. The van der Waals surface area contributed by atoms with Gasteiger partial charge in [-0.2, -0.15) is 5.26 Å². The quantitative estimate of drug-likeness (QED) is 0.684. The molecule has 0 radical (unpaired) electrons. The van der Waals surface area contributed by atoms with Crippen molar-refractivity contribution >= 4 is 17.3 Å². The topological polar surface area (TPSA) is 64.8 Å². The SMILES string of the molecule is Cc1ccc(C)c(N(C)c2cc(NC#N)nc(C)n2)c1. The highest BCUT2D eigenvalue weighted by Gasteiger charge is 2.11. The van der Waals surface area contributed by atoms with Crippen molar-refractivity contribution in [3.8, 4) is 6.19 Å². The molecule has 102 valence electrons. The molecule has 0 unspecified atom stereocenters. The minimum absolute atomic E-state index is 0.507. The van der Waals surface area contributed by atoms with Crippen LogP contribution < -0.4 is 10.2 Å². The molecule has 0 fully saturated rings. The van der Waals surface area contributed by atoms with Gasteiger partial charge in [0.05, 0.1) is 0 Å². The van der Waals surface area contributed by atoms with Gasteiger partial charge in [-0.1, -0.05) is 12.1 Å². The molecule has 0 atom stereocenters. The van der Waals surface area contributed by atoms with Crippen molar-refractivity contribution in [1.29, 1.82) is 5.26 Å². The van der Waals surface area contributed by atoms with Gasteiger partial charge in [-0.15, -0.1) is 0 Å². The van der Waals surface area contributed by atoms with Crippen LogP contribution in [0.1, 0.15) is 17.0 Å². The van der Waals surface area contributed by atoms with Crippen molar-refractivity contribution in [3.05, 3.63) is 41.2 Å². The van der Waals surface area contributed by atoms with Gasteiger partial charge in [0.1, 0.15) is 17.5 Å². The van der Waals surface area contributed by atoms with Gasteiger partial charge in [-0.3, -0.25) is 5.32 Å². The van der Waals surface area contributed by atoms with E-state index >= 15 is 0 Å². The molecular formula is C15H17N5. The van der Waals surface area contributed by atoms with Crippen LogP contribution in [0.25, 0.3) is 0 Å². The molecule has 1 aromatic heterocycles. The molecule has 1 N–H and O–H groups in total. The first-order chi connectivity index (χ1) is 9.51. The molecule has 20 heavy (non-hydrogen) atoms. The summed E-state index contributed by atoms with van der Waals surface area (Å²) in [4.78, 5) is 10.6. The van der Waals surface area contributed by atoms with E-state index in [1.54, 1.807) is 6.07 Å². The van der Waals surface area contributed by atoms with Crippen molar-refractivity contribution in [2.45, 2.75) is 20.8 Å². The molecule has 1 heterocycles. The van der Waals surface area contributed by atoms with Crippen LogP contribution in [0.4, 0.5) is 17.3 Å². The maximum atomic E-state index is 8.70. The Kier molecular flexibility index (Phi) is 3.85. The number of nitrogens with one attached hydrogen (secondary N) is 1. The Hall–Kier alpha value is -2.61. The molecule has 0 saturated heterocycles. The maximum absolute atomic E-state index is 8.70. The molecule has 5 heteroatoms. The van der Waals surface area contributed by atoms with E-state index in [4.69, 9.17) is 5.26 Å². The summed E-state index contributed by atoms with van der Waals surface area (Å²) in [5.74, 6) is 1.88. The minimum Gasteiger partial charge on any atom is -0.329 e. The number of aromatic nitrogens is 2. The summed E-state index contributed by atoms with van der Waals surface area (Å²) >= 11 is 0. The van der Waals surface area contributed by atoms with E-state index in [0.29, 0.717) is 11.6 Å². The van der Waals surface area contributed by atoms with Gasteiger partial charge in [0.15, 0.2) is 6.19 Å². The molecule has 0 bridgehead atoms. The van der Waals surface area contributed by atoms with Gasteiger partial charge >= 0.3 is 0 Å². The number of benzene rings is 1. The lowest BCUT2D eigenvalue weighted by Crippen LogP contribution is -2.14. The molecule has 0 amide bonds. The van der Waals surface area contributed by atoms with Gasteiger partial charge in [0.2, 0.25) is 0 Å². The van der Waals surface area contributed by atoms with E-state index in [1.807, 2.05) is 25.1 Å². The average molecular weight is 267 g/mol. The second-order valence-electron chi connectivity index (χ2n) is 4.74. The van der Waals surface area contributed by atoms with Crippen LogP contribution in [0.15, 0.2) is 24.3 Å². The summed E-state index contributed by atoms with van der Waals surface area (Å²) in [6.45, 7) is 5.93. The van der Waals surface area contributed by atoms with E-state index in [2.05, 4.69) is 47.3 Å². The molecule has 0 aliphatic heterocycles. The Morgan fingerprint density at radius 2 is 1.90 bits per heavy atom. The Balaban J connectivity index is 2.45. The third kappa shape index (κ3) is 2.86. The van der Waals surface area contributed by atoms with Crippen LogP contribution >= 0.6 is 0 Å². The number of rotatable bonds is 3.